The topological polar surface area (TPSA) is 3.24 Å². The lowest BCUT2D eigenvalue weighted by atomic mass is 10.2. The van der Waals surface area contributed by atoms with Crippen LogP contribution in [0.1, 0.15) is 5.56 Å². The van der Waals surface area contributed by atoms with Crippen LogP contribution in [0, 0.1) is 5.82 Å². The Morgan fingerprint density at radius 2 is 2.27 bits per heavy atom. The Balaban J connectivity index is 2.51. The molecule has 82 valence electrons. The van der Waals surface area contributed by atoms with Crippen LogP contribution in [0.2, 0.25) is 0 Å². The second kappa shape index (κ2) is 5.93. The predicted octanol–water partition coefficient (Wildman–Crippen LogP) is 2.74. The molecule has 0 aliphatic carbocycles. The number of thiol groups is 1. The van der Waals surface area contributed by atoms with Crippen LogP contribution in [-0.2, 0) is 6.54 Å². The molecule has 0 radical (unpaired) electrons. The maximum atomic E-state index is 12.9. The van der Waals surface area contributed by atoms with E-state index in [1.54, 1.807) is 12.1 Å². The van der Waals surface area contributed by atoms with Gasteiger partial charge in [-0.15, -0.1) is 0 Å². The number of likely N-dealkylation sites (N-methyl/N-ethyl adjacent to an activating group) is 1. The largest absolute Gasteiger partial charge is 0.298 e. The van der Waals surface area contributed by atoms with Crippen LogP contribution in [0.3, 0.4) is 0 Å². The molecule has 0 amide bonds. The molecule has 0 N–H and O–H groups in total. The average Bonchev–Trinajstić information content (AvgIpc) is 2.17. The molecule has 0 unspecified atom stereocenters. The lowest BCUT2D eigenvalue weighted by molar-refractivity contribution is 0.355. The second-order valence-electron chi connectivity index (χ2n) is 3.71. The molecule has 0 saturated heterocycles. The molecule has 1 rings (SSSR count). The summed E-state index contributed by atoms with van der Waals surface area (Å²) in [6.07, 6.45) is 0. The third-order valence-corrected chi connectivity index (χ3v) is 2.51. The highest BCUT2D eigenvalue weighted by molar-refractivity contribution is 7.80. The molecule has 1 aromatic carbocycles. The maximum Gasteiger partial charge on any atom is 0.123 e. The van der Waals surface area contributed by atoms with Crippen LogP contribution < -0.4 is 0 Å². The van der Waals surface area contributed by atoms with Crippen molar-refractivity contribution in [3.63, 3.8) is 0 Å². The van der Waals surface area contributed by atoms with Crippen molar-refractivity contribution in [1.29, 1.82) is 0 Å². The van der Waals surface area contributed by atoms with E-state index in [1.165, 1.54) is 6.07 Å². The Hall–Kier alpha value is -0.800. The van der Waals surface area contributed by atoms with E-state index in [4.69, 9.17) is 0 Å². The summed E-state index contributed by atoms with van der Waals surface area (Å²) < 4.78 is 12.9. The summed E-state index contributed by atoms with van der Waals surface area (Å²) in [5.74, 6) is 0.502. The Kier molecular flexibility index (Phi) is 4.85. The zero-order valence-corrected chi connectivity index (χ0v) is 9.80. The van der Waals surface area contributed by atoms with Crippen LogP contribution in [0.25, 0.3) is 0 Å². The molecule has 0 fully saturated rings. The van der Waals surface area contributed by atoms with Gasteiger partial charge in [0.05, 0.1) is 0 Å². The molecule has 0 aliphatic heterocycles. The van der Waals surface area contributed by atoms with Gasteiger partial charge in [0.15, 0.2) is 0 Å². The molecule has 15 heavy (non-hydrogen) atoms. The molecule has 0 aliphatic rings. The number of hydrogen-bond acceptors (Lipinski definition) is 2. The fourth-order valence-electron chi connectivity index (χ4n) is 1.43. The van der Waals surface area contributed by atoms with Gasteiger partial charge in [-0.05, 0) is 24.7 Å². The highest BCUT2D eigenvalue weighted by Gasteiger charge is 2.02. The summed E-state index contributed by atoms with van der Waals surface area (Å²) in [5, 5.41) is 0. The van der Waals surface area contributed by atoms with Gasteiger partial charge >= 0.3 is 0 Å². The van der Waals surface area contributed by atoms with Crippen molar-refractivity contribution in [1.82, 2.24) is 4.90 Å². The first-order chi connectivity index (χ1) is 7.11. The second-order valence-corrected chi connectivity index (χ2v) is 4.03. The van der Waals surface area contributed by atoms with Gasteiger partial charge in [-0.2, -0.15) is 12.6 Å². The Morgan fingerprint density at radius 3 is 2.87 bits per heavy atom. The lowest BCUT2D eigenvalue weighted by Gasteiger charge is -2.17. The van der Waals surface area contributed by atoms with Crippen molar-refractivity contribution in [2.75, 3.05) is 19.3 Å². The quantitative estimate of drug-likeness (QED) is 0.595. The van der Waals surface area contributed by atoms with Gasteiger partial charge in [-0.25, -0.2) is 4.39 Å². The summed E-state index contributed by atoms with van der Waals surface area (Å²) in [5.41, 5.74) is 2.04. The van der Waals surface area contributed by atoms with E-state index in [1.807, 2.05) is 13.1 Å². The van der Waals surface area contributed by atoms with Crippen molar-refractivity contribution in [3.05, 3.63) is 47.8 Å². The first kappa shape index (κ1) is 12.3. The Labute approximate surface area is 96.0 Å². The number of halogens is 1. The van der Waals surface area contributed by atoms with Crippen molar-refractivity contribution in [2.45, 2.75) is 6.54 Å². The highest BCUT2D eigenvalue weighted by atomic mass is 32.1. The van der Waals surface area contributed by atoms with Crippen molar-refractivity contribution in [2.24, 2.45) is 0 Å². The molecule has 1 aromatic rings. The molecule has 0 aromatic heterocycles. The van der Waals surface area contributed by atoms with Crippen LogP contribution >= 0.6 is 12.6 Å². The first-order valence-corrected chi connectivity index (χ1v) is 5.45. The molecule has 0 spiro atoms. The third kappa shape index (κ3) is 4.49. The summed E-state index contributed by atoms with van der Waals surface area (Å²) >= 11 is 4.15. The average molecular weight is 225 g/mol. The third-order valence-electron chi connectivity index (χ3n) is 2.06. The molecule has 1 nitrogen and oxygen atoms in total. The summed E-state index contributed by atoms with van der Waals surface area (Å²) in [6, 6.07) is 6.66. The van der Waals surface area contributed by atoms with Crippen molar-refractivity contribution < 1.29 is 4.39 Å². The Morgan fingerprint density at radius 1 is 1.53 bits per heavy atom. The highest BCUT2D eigenvalue weighted by Crippen LogP contribution is 2.07. The van der Waals surface area contributed by atoms with Crippen LogP contribution in [0.15, 0.2) is 36.4 Å². The molecule has 3 heteroatoms. The molecule has 0 atom stereocenters. The zero-order chi connectivity index (χ0) is 11.3. The fourth-order valence-corrected chi connectivity index (χ4v) is 1.53. The van der Waals surface area contributed by atoms with Gasteiger partial charge in [-0.3, -0.25) is 4.90 Å². The van der Waals surface area contributed by atoms with E-state index in [0.717, 1.165) is 24.2 Å². The van der Waals surface area contributed by atoms with E-state index in [2.05, 4.69) is 24.1 Å². The van der Waals surface area contributed by atoms with Gasteiger partial charge in [0.25, 0.3) is 0 Å². The van der Waals surface area contributed by atoms with Crippen LogP contribution in [-0.4, -0.2) is 24.2 Å². The smallest absolute Gasteiger partial charge is 0.123 e. The van der Waals surface area contributed by atoms with E-state index < -0.39 is 0 Å². The fraction of sp³-hybridized carbons (Fsp3) is 0.333. The van der Waals surface area contributed by atoms with E-state index in [-0.39, 0.29) is 5.82 Å². The SMILES string of the molecule is C=C(CS)CN(C)Cc1cccc(F)c1. The number of rotatable bonds is 5. The van der Waals surface area contributed by atoms with Gasteiger partial charge in [0.1, 0.15) is 5.82 Å². The zero-order valence-electron chi connectivity index (χ0n) is 8.91. The number of benzene rings is 1. The first-order valence-electron chi connectivity index (χ1n) is 4.82. The monoisotopic (exact) mass is 225 g/mol. The molecule has 0 saturated carbocycles. The van der Waals surface area contributed by atoms with Gasteiger partial charge in [0.2, 0.25) is 0 Å². The molecular formula is C12H16FNS. The van der Waals surface area contributed by atoms with Crippen molar-refractivity contribution in [3.8, 4) is 0 Å². The van der Waals surface area contributed by atoms with Crippen LogP contribution in [0.5, 0.6) is 0 Å². The lowest BCUT2D eigenvalue weighted by Crippen LogP contribution is -2.20. The van der Waals surface area contributed by atoms with E-state index >= 15 is 0 Å². The summed E-state index contributed by atoms with van der Waals surface area (Å²) in [6.45, 7) is 5.40. The van der Waals surface area contributed by atoms with Gasteiger partial charge in [0, 0.05) is 18.8 Å². The maximum absolute atomic E-state index is 12.9. The minimum atomic E-state index is -0.186. The number of nitrogens with zero attached hydrogens (tertiary/aromatic N) is 1. The molecular weight excluding hydrogens is 209 g/mol. The minimum absolute atomic E-state index is 0.186. The van der Waals surface area contributed by atoms with Crippen molar-refractivity contribution >= 4 is 12.6 Å². The van der Waals surface area contributed by atoms with E-state index in [9.17, 15) is 4.39 Å². The van der Waals surface area contributed by atoms with Gasteiger partial charge in [-0.1, -0.05) is 24.3 Å². The van der Waals surface area contributed by atoms with E-state index in [0.29, 0.717) is 5.75 Å². The van der Waals surface area contributed by atoms with Gasteiger partial charge < -0.3 is 0 Å². The van der Waals surface area contributed by atoms with Crippen LogP contribution in [0.4, 0.5) is 4.39 Å². The molecule has 0 bridgehead atoms. The summed E-state index contributed by atoms with van der Waals surface area (Å²) in [7, 11) is 1.99. The minimum Gasteiger partial charge on any atom is -0.298 e. The molecule has 0 heterocycles. The summed E-state index contributed by atoms with van der Waals surface area (Å²) in [4.78, 5) is 2.09. The Bertz CT molecular complexity index is 338. The normalized spacial score (nSPS) is 10.7. The predicted molar refractivity (Wildman–Crippen MR) is 65.7 cm³/mol. The number of hydrogen-bond donors (Lipinski definition) is 1. The standard InChI is InChI=1S/C12H16FNS/c1-10(9-15)7-14(2)8-11-4-3-5-12(13)6-11/h3-6,15H,1,7-9H2,2H3.